The lowest BCUT2D eigenvalue weighted by molar-refractivity contribution is 0.0781. The molecule has 11 heavy (non-hydrogen) atoms. The molecule has 0 saturated heterocycles. The molecule has 1 heteroatoms. The molecule has 0 radical (unpaired) electrons. The van der Waals surface area contributed by atoms with E-state index in [1.807, 2.05) is 0 Å². The third-order valence-electron chi connectivity index (χ3n) is 3.16. The average molecular weight is 150 g/mol. The Morgan fingerprint density at radius 3 is 2.45 bits per heavy atom. The van der Waals surface area contributed by atoms with Crippen LogP contribution in [0.5, 0.6) is 0 Å². The van der Waals surface area contributed by atoms with Crippen LogP contribution in [0.3, 0.4) is 0 Å². The van der Waals surface area contributed by atoms with E-state index in [4.69, 9.17) is 4.74 Å². The molecule has 2 unspecified atom stereocenters. The summed E-state index contributed by atoms with van der Waals surface area (Å²) in [5.41, 5.74) is 2.52. The number of rotatable bonds is 1. The van der Waals surface area contributed by atoms with E-state index in [1.165, 1.54) is 24.0 Å². The van der Waals surface area contributed by atoms with Crippen LogP contribution in [0.1, 0.15) is 12.8 Å². The first-order valence-corrected chi connectivity index (χ1v) is 4.14. The fourth-order valence-corrected chi connectivity index (χ4v) is 2.41. The number of allylic oxidation sites excluding steroid dienone is 1. The van der Waals surface area contributed by atoms with Crippen molar-refractivity contribution in [3.8, 4) is 0 Å². The fraction of sp³-hybridized carbons (Fsp3) is 0.600. The maximum atomic E-state index is 5.36. The molecule has 0 aromatic rings. The average Bonchev–Trinajstić information content (AvgIpc) is 2.53. The third-order valence-corrected chi connectivity index (χ3v) is 3.16. The minimum atomic E-state index is 0.429. The summed E-state index contributed by atoms with van der Waals surface area (Å²) < 4.78 is 5.36. The summed E-state index contributed by atoms with van der Waals surface area (Å²) in [6.07, 6.45) is 2.83. The zero-order valence-corrected chi connectivity index (χ0v) is 6.97. The standard InChI is InChI=1S/C10H14O/c1-6-7(2)9-4-8(6)5-10(9)11-3/h8-10H,1-2,4-5H2,3H3/t8-,9?,10?/m0/s1. The summed E-state index contributed by atoms with van der Waals surface area (Å²) in [7, 11) is 1.79. The van der Waals surface area contributed by atoms with Gasteiger partial charge >= 0.3 is 0 Å². The molecule has 0 heterocycles. The number of methoxy groups -OCH3 is 1. The zero-order chi connectivity index (χ0) is 8.01. The molecule has 60 valence electrons. The van der Waals surface area contributed by atoms with Crippen molar-refractivity contribution in [1.29, 1.82) is 0 Å². The highest BCUT2D eigenvalue weighted by molar-refractivity contribution is 5.39. The van der Waals surface area contributed by atoms with Gasteiger partial charge in [0.15, 0.2) is 0 Å². The van der Waals surface area contributed by atoms with E-state index >= 15 is 0 Å². The minimum absolute atomic E-state index is 0.429. The van der Waals surface area contributed by atoms with Gasteiger partial charge in [0.1, 0.15) is 0 Å². The Bertz CT molecular complexity index is 217. The molecule has 2 aliphatic rings. The summed E-state index contributed by atoms with van der Waals surface area (Å²) in [4.78, 5) is 0. The lowest BCUT2D eigenvalue weighted by Crippen LogP contribution is -2.20. The van der Waals surface area contributed by atoms with Crippen molar-refractivity contribution in [2.24, 2.45) is 11.8 Å². The molecule has 2 rings (SSSR count). The number of ether oxygens (including phenoxy) is 1. The van der Waals surface area contributed by atoms with Crippen molar-refractivity contribution < 1.29 is 4.74 Å². The predicted octanol–water partition coefficient (Wildman–Crippen LogP) is 2.15. The van der Waals surface area contributed by atoms with Gasteiger partial charge in [-0.1, -0.05) is 13.2 Å². The second-order valence-electron chi connectivity index (χ2n) is 3.60. The Labute approximate surface area is 67.7 Å². The molecule has 2 bridgehead atoms. The largest absolute Gasteiger partial charge is 0.381 e. The Morgan fingerprint density at radius 1 is 1.27 bits per heavy atom. The van der Waals surface area contributed by atoms with E-state index in [0.29, 0.717) is 17.9 Å². The Hall–Kier alpha value is -0.560. The second-order valence-corrected chi connectivity index (χ2v) is 3.60. The maximum Gasteiger partial charge on any atom is 0.0645 e. The molecule has 0 aromatic heterocycles. The molecule has 3 atom stereocenters. The van der Waals surface area contributed by atoms with Crippen LogP contribution in [-0.4, -0.2) is 13.2 Å². The van der Waals surface area contributed by atoms with Crippen LogP contribution in [0.4, 0.5) is 0 Å². The topological polar surface area (TPSA) is 9.23 Å². The quantitative estimate of drug-likeness (QED) is 0.556. The van der Waals surface area contributed by atoms with Gasteiger partial charge in [0.25, 0.3) is 0 Å². The first-order chi connectivity index (χ1) is 5.24. The third kappa shape index (κ3) is 0.807. The van der Waals surface area contributed by atoms with Gasteiger partial charge < -0.3 is 4.74 Å². The van der Waals surface area contributed by atoms with Crippen molar-refractivity contribution >= 4 is 0 Å². The van der Waals surface area contributed by atoms with Crippen molar-refractivity contribution in [2.75, 3.05) is 7.11 Å². The molecule has 1 nitrogen and oxygen atoms in total. The predicted molar refractivity (Wildman–Crippen MR) is 45.3 cm³/mol. The Morgan fingerprint density at radius 2 is 2.00 bits per heavy atom. The zero-order valence-electron chi connectivity index (χ0n) is 6.97. The highest BCUT2D eigenvalue weighted by Crippen LogP contribution is 2.51. The first kappa shape index (κ1) is 7.11. The van der Waals surface area contributed by atoms with Crippen LogP contribution in [0, 0.1) is 11.8 Å². The summed E-state index contributed by atoms with van der Waals surface area (Å²) in [6.45, 7) is 8.07. The summed E-state index contributed by atoms with van der Waals surface area (Å²) in [6, 6.07) is 0. The number of hydrogen-bond acceptors (Lipinski definition) is 1. The van der Waals surface area contributed by atoms with E-state index < -0.39 is 0 Å². The Balaban J connectivity index is 2.22. The first-order valence-electron chi connectivity index (χ1n) is 4.14. The molecule has 0 aromatic carbocycles. The van der Waals surface area contributed by atoms with Crippen molar-refractivity contribution in [3.05, 3.63) is 24.3 Å². The summed E-state index contributed by atoms with van der Waals surface area (Å²) in [5.74, 6) is 1.26. The van der Waals surface area contributed by atoms with E-state index in [-0.39, 0.29) is 0 Å². The van der Waals surface area contributed by atoms with Crippen molar-refractivity contribution in [1.82, 2.24) is 0 Å². The number of fused-ring (bicyclic) bond motifs is 2. The normalized spacial score (nSPS) is 42.1. The molecule has 2 aliphatic carbocycles. The molecule has 0 spiro atoms. The Kier molecular flexibility index (Phi) is 1.43. The van der Waals surface area contributed by atoms with E-state index in [0.717, 1.165) is 0 Å². The lowest BCUT2D eigenvalue weighted by atomic mass is 9.90. The van der Waals surface area contributed by atoms with E-state index in [2.05, 4.69) is 13.2 Å². The highest BCUT2D eigenvalue weighted by atomic mass is 16.5. The molecular formula is C10H14O. The van der Waals surface area contributed by atoms with E-state index in [9.17, 15) is 0 Å². The summed E-state index contributed by atoms with van der Waals surface area (Å²) >= 11 is 0. The van der Waals surface area contributed by atoms with Gasteiger partial charge in [-0.25, -0.2) is 0 Å². The van der Waals surface area contributed by atoms with Crippen LogP contribution in [0.2, 0.25) is 0 Å². The van der Waals surface area contributed by atoms with Crippen molar-refractivity contribution in [3.63, 3.8) is 0 Å². The van der Waals surface area contributed by atoms with Crippen LogP contribution in [0.15, 0.2) is 24.3 Å². The van der Waals surface area contributed by atoms with Gasteiger partial charge in [-0.2, -0.15) is 0 Å². The monoisotopic (exact) mass is 150 g/mol. The maximum absolute atomic E-state index is 5.36. The fourth-order valence-electron chi connectivity index (χ4n) is 2.41. The van der Waals surface area contributed by atoms with Gasteiger partial charge in [0.05, 0.1) is 6.10 Å². The van der Waals surface area contributed by atoms with Gasteiger partial charge in [-0.05, 0) is 29.9 Å². The van der Waals surface area contributed by atoms with Crippen LogP contribution < -0.4 is 0 Å². The van der Waals surface area contributed by atoms with Gasteiger partial charge in [0.2, 0.25) is 0 Å². The van der Waals surface area contributed by atoms with Crippen molar-refractivity contribution in [2.45, 2.75) is 18.9 Å². The molecule has 2 saturated carbocycles. The van der Waals surface area contributed by atoms with Gasteiger partial charge in [-0.15, -0.1) is 0 Å². The molecule has 0 amide bonds. The lowest BCUT2D eigenvalue weighted by Gasteiger charge is -2.23. The SMILES string of the molecule is C=C1C(=C)[C@@H]2CC(OC)C1C2. The van der Waals surface area contributed by atoms with Crippen LogP contribution in [0.25, 0.3) is 0 Å². The molecular weight excluding hydrogens is 136 g/mol. The molecule has 2 fully saturated rings. The van der Waals surface area contributed by atoms with Crippen LogP contribution in [-0.2, 0) is 4.74 Å². The van der Waals surface area contributed by atoms with Gasteiger partial charge in [0, 0.05) is 13.0 Å². The number of hydrogen-bond donors (Lipinski definition) is 0. The second kappa shape index (κ2) is 2.21. The highest BCUT2D eigenvalue weighted by Gasteiger charge is 2.44. The minimum Gasteiger partial charge on any atom is -0.381 e. The van der Waals surface area contributed by atoms with Gasteiger partial charge in [-0.3, -0.25) is 0 Å². The summed E-state index contributed by atoms with van der Waals surface area (Å²) in [5, 5.41) is 0. The van der Waals surface area contributed by atoms with E-state index in [1.54, 1.807) is 7.11 Å². The molecule has 0 aliphatic heterocycles. The molecule has 0 N–H and O–H groups in total. The van der Waals surface area contributed by atoms with Crippen LogP contribution >= 0.6 is 0 Å². The smallest absolute Gasteiger partial charge is 0.0645 e.